The number of morpholine rings is 1. The minimum atomic E-state index is 0.0920. The molecule has 30 heavy (non-hydrogen) atoms. The van der Waals surface area contributed by atoms with Gasteiger partial charge in [0.25, 0.3) is 0 Å². The van der Waals surface area contributed by atoms with Crippen molar-refractivity contribution >= 4 is 5.91 Å². The molecule has 5 nitrogen and oxygen atoms in total. The Balaban J connectivity index is 1.60. The first-order valence-corrected chi connectivity index (χ1v) is 11.0. The zero-order valence-electron chi connectivity index (χ0n) is 18.7. The van der Waals surface area contributed by atoms with Gasteiger partial charge in [0.2, 0.25) is 5.91 Å². The van der Waals surface area contributed by atoms with Gasteiger partial charge in [-0.25, -0.2) is 0 Å². The van der Waals surface area contributed by atoms with E-state index in [1.54, 1.807) is 0 Å². The third-order valence-electron chi connectivity index (χ3n) is 6.42. The van der Waals surface area contributed by atoms with Crippen molar-refractivity contribution in [2.45, 2.75) is 46.1 Å². The number of pyridine rings is 1. The molecule has 0 aliphatic carbocycles. The zero-order chi connectivity index (χ0) is 21.3. The second kappa shape index (κ2) is 8.48. The van der Waals surface area contributed by atoms with Crippen LogP contribution in [0.4, 0.5) is 0 Å². The van der Waals surface area contributed by atoms with Gasteiger partial charge in [0, 0.05) is 31.0 Å². The summed E-state index contributed by atoms with van der Waals surface area (Å²) in [6.45, 7) is 13.7. The highest BCUT2D eigenvalue weighted by molar-refractivity contribution is 5.78. The number of aryl methyl sites for hydroxylation is 2. The molecule has 0 spiro atoms. The first kappa shape index (κ1) is 21.0. The minimum Gasteiger partial charge on any atom is -0.378 e. The number of hydrogen-bond donors (Lipinski definition) is 0. The number of hydrogen-bond acceptors (Lipinski definition) is 4. The van der Waals surface area contributed by atoms with Gasteiger partial charge < -0.3 is 9.64 Å². The fourth-order valence-electron chi connectivity index (χ4n) is 4.70. The highest BCUT2D eigenvalue weighted by Gasteiger charge is 2.30. The van der Waals surface area contributed by atoms with Crippen molar-refractivity contribution in [2.24, 2.45) is 0 Å². The third kappa shape index (κ3) is 4.57. The number of nitrogens with zero attached hydrogens (tertiary/aromatic N) is 3. The average Bonchev–Trinajstić information content (AvgIpc) is 2.83. The van der Waals surface area contributed by atoms with Crippen LogP contribution in [0.25, 0.3) is 11.1 Å². The van der Waals surface area contributed by atoms with Crippen LogP contribution in [0.5, 0.6) is 0 Å². The van der Waals surface area contributed by atoms with Crippen molar-refractivity contribution in [1.82, 2.24) is 14.8 Å². The summed E-state index contributed by atoms with van der Waals surface area (Å²) in [6.07, 6.45) is 1.04. The Morgan fingerprint density at radius 1 is 1.03 bits per heavy atom. The lowest BCUT2D eigenvalue weighted by molar-refractivity contribution is -0.136. The van der Waals surface area contributed by atoms with E-state index in [-0.39, 0.29) is 11.3 Å². The monoisotopic (exact) mass is 407 g/mol. The van der Waals surface area contributed by atoms with E-state index in [0.29, 0.717) is 32.8 Å². The van der Waals surface area contributed by atoms with E-state index in [1.807, 2.05) is 18.7 Å². The highest BCUT2D eigenvalue weighted by Crippen LogP contribution is 2.36. The van der Waals surface area contributed by atoms with Crippen LogP contribution in [0, 0.1) is 13.8 Å². The third-order valence-corrected chi connectivity index (χ3v) is 6.42. The van der Waals surface area contributed by atoms with E-state index in [1.165, 1.54) is 22.3 Å². The van der Waals surface area contributed by atoms with Crippen LogP contribution in [0.1, 0.15) is 42.8 Å². The second-order valence-corrected chi connectivity index (χ2v) is 9.35. The van der Waals surface area contributed by atoms with Gasteiger partial charge in [-0.15, -0.1) is 0 Å². The molecule has 1 saturated heterocycles. The second-order valence-electron chi connectivity index (χ2n) is 9.35. The maximum Gasteiger partial charge on any atom is 0.236 e. The van der Waals surface area contributed by atoms with Gasteiger partial charge in [-0.3, -0.25) is 14.7 Å². The molecule has 4 rings (SSSR count). The van der Waals surface area contributed by atoms with E-state index in [9.17, 15) is 4.79 Å². The van der Waals surface area contributed by atoms with Crippen LogP contribution < -0.4 is 0 Å². The number of benzene rings is 1. The SMILES string of the molecule is Cc1cc(-c2ccc3c(c2)CN(CC(=O)N2CCOCC2)CCC3(C)C)cc(C)n1. The van der Waals surface area contributed by atoms with E-state index in [2.05, 4.69) is 54.1 Å². The standard InChI is InChI=1S/C25H33N3O2/c1-18-13-21(14-19(2)26-18)20-5-6-23-22(15-20)16-27(8-7-25(23,3)4)17-24(29)28-9-11-30-12-10-28/h5-6,13-15H,7-12,16-17H2,1-4H3. The van der Waals surface area contributed by atoms with Gasteiger partial charge in [0.15, 0.2) is 0 Å². The van der Waals surface area contributed by atoms with Gasteiger partial charge in [-0.1, -0.05) is 26.0 Å². The van der Waals surface area contributed by atoms with Crippen molar-refractivity contribution in [1.29, 1.82) is 0 Å². The summed E-state index contributed by atoms with van der Waals surface area (Å²) < 4.78 is 5.39. The molecule has 1 fully saturated rings. The zero-order valence-corrected chi connectivity index (χ0v) is 18.7. The Labute approximate surface area is 180 Å². The Morgan fingerprint density at radius 3 is 2.43 bits per heavy atom. The lowest BCUT2D eigenvalue weighted by Crippen LogP contribution is -2.45. The molecule has 1 amide bonds. The van der Waals surface area contributed by atoms with E-state index in [4.69, 9.17) is 4.74 Å². The van der Waals surface area contributed by atoms with Gasteiger partial charge in [0.1, 0.15) is 0 Å². The van der Waals surface area contributed by atoms with Gasteiger partial charge in [0.05, 0.1) is 19.8 Å². The molecule has 3 heterocycles. The maximum atomic E-state index is 12.8. The first-order chi connectivity index (χ1) is 14.3. The van der Waals surface area contributed by atoms with Crippen molar-refractivity contribution < 1.29 is 9.53 Å². The fraction of sp³-hybridized carbons (Fsp3) is 0.520. The van der Waals surface area contributed by atoms with Crippen LogP contribution in [-0.4, -0.2) is 60.1 Å². The summed E-state index contributed by atoms with van der Waals surface area (Å²) in [5, 5.41) is 0. The fourth-order valence-corrected chi connectivity index (χ4v) is 4.70. The van der Waals surface area contributed by atoms with E-state index >= 15 is 0 Å². The summed E-state index contributed by atoms with van der Waals surface area (Å²) in [6, 6.07) is 11.2. The largest absolute Gasteiger partial charge is 0.378 e. The molecule has 0 saturated carbocycles. The molecule has 1 aromatic heterocycles. The Kier molecular flexibility index (Phi) is 5.94. The van der Waals surface area contributed by atoms with Crippen molar-refractivity contribution in [3.05, 3.63) is 52.8 Å². The first-order valence-electron chi connectivity index (χ1n) is 11.0. The van der Waals surface area contributed by atoms with Crippen molar-refractivity contribution in [2.75, 3.05) is 39.4 Å². The molecule has 2 aliphatic heterocycles. The summed E-state index contributed by atoms with van der Waals surface area (Å²) in [5.74, 6) is 0.219. The number of carbonyl (C=O) groups is 1. The van der Waals surface area contributed by atoms with Crippen LogP contribution in [0.3, 0.4) is 0 Å². The molecule has 1 aromatic carbocycles. The van der Waals surface area contributed by atoms with Crippen LogP contribution in [-0.2, 0) is 21.5 Å². The molecule has 0 bridgehead atoms. The normalized spacial score (nSPS) is 19.3. The summed E-state index contributed by atoms with van der Waals surface area (Å²) in [4.78, 5) is 21.6. The van der Waals surface area contributed by atoms with Gasteiger partial charge in [-0.05, 0) is 72.7 Å². The van der Waals surface area contributed by atoms with Crippen molar-refractivity contribution in [3.8, 4) is 11.1 Å². The molecule has 0 N–H and O–H groups in total. The van der Waals surface area contributed by atoms with Crippen LogP contribution in [0.2, 0.25) is 0 Å². The quantitative estimate of drug-likeness (QED) is 0.778. The van der Waals surface area contributed by atoms with E-state index in [0.717, 1.165) is 30.9 Å². The Morgan fingerprint density at radius 2 is 1.73 bits per heavy atom. The molecule has 2 aromatic rings. The van der Waals surface area contributed by atoms with Crippen molar-refractivity contribution in [3.63, 3.8) is 0 Å². The van der Waals surface area contributed by atoms with E-state index < -0.39 is 0 Å². The maximum absolute atomic E-state index is 12.8. The van der Waals surface area contributed by atoms with Gasteiger partial charge in [-0.2, -0.15) is 0 Å². The number of ether oxygens (including phenoxy) is 1. The molecular weight excluding hydrogens is 374 g/mol. The topological polar surface area (TPSA) is 45.7 Å². The molecule has 0 unspecified atom stereocenters. The Bertz CT molecular complexity index is 912. The lowest BCUT2D eigenvalue weighted by atomic mass is 9.79. The van der Waals surface area contributed by atoms with Gasteiger partial charge >= 0.3 is 0 Å². The van der Waals surface area contributed by atoms with Crippen LogP contribution >= 0.6 is 0 Å². The summed E-state index contributed by atoms with van der Waals surface area (Å²) >= 11 is 0. The lowest BCUT2D eigenvalue weighted by Gasteiger charge is -2.30. The summed E-state index contributed by atoms with van der Waals surface area (Å²) in [5.41, 5.74) is 7.33. The summed E-state index contributed by atoms with van der Waals surface area (Å²) in [7, 11) is 0. The number of aromatic nitrogens is 1. The van der Waals surface area contributed by atoms with Crippen LogP contribution in [0.15, 0.2) is 30.3 Å². The molecule has 0 atom stereocenters. The smallest absolute Gasteiger partial charge is 0.236 e. The molecule has 0 radical (unpaired) electrons. The number of carbonyl (C=O) groups excluding carboxylic acids is 1. The highest BCUT2D eigenvalue weighted by atomic mass is 16.5. The molecule has 2 aliphatic rings. The number of amides is 1. The molecule has 160 valence electrons. The number of fused-ring (bicyclic) bond motifs is 1. The number of rotatable bonds is 3. The predicted molar refractivity (Wildman–Crippen MR) is 119 cm³/mol. The minimum absolute atomic E-state index is 0.0920. The Hall–Kier alpha value is -2.24. The average molecular weight is 408 g/mol. The molecular formula is C25H33N3O2. The predicted octanol–water partition coefficient (Wildman–Crippen LogP) is 3.71. The molecule has 5 heteroatoms.